The third-order valence-corrected chi connectivity index (χ3v) is 5.39. The first-order valence-electron chi connectivity index (χ1n) is 7.92. The summed E-state index contributed by atoms with van der Waals surface area (Å²) in [4.78, 5) is 11.9. The first-order chi connectivity index (χ1) is 9.78. The Bertz CT molecular complexity index is 296. The van der Waals surface area contributed by atoms with Gasteiger partial charge in [-0.1, -0.05) is 6.42 Å². The van der Waals surface area contributed by atoms with E-state index in [-0.39, 0.29) is 5.91 Å². The molecule has 1 aliphatic heterocycles. The molecule has 0 aromatic rings. The van der Waals surface area contributed by atoms with Crippen molar-refractivity contribution in [2.75, 3.05) is 26.0 Å². The zero-order chi connectivity index (χ0) is 14.2. The summed E-state index contributed by atoms with van der Waals surface area (Å²) in [5.41, 5.74) is 0. The van der Waals surface area contributed by atoms with Gasteiger partial charge in [-0.05, 0) is 51.4 Å². The standard InChI is InChI=1S/C15H28N2O2S/c1-20-14-4-2-3-12(11-14)17-15(18)7-10-19-13-5-8-16-9-6-13/h12-14,16H,2-11H2,1H3,(H,17,18). The lowest BCUT2D eigenvalue weighted by Crippen LogP contribution is -2.39. The van der Waals surface area contributed by atoms with Gasteiger partial charge in [0.05, 0.1) is 12.7 Å². The van der Waals surface area contributed by atoms with E-state index in [4.69, 9.17) is 4.74 Å². The molecule has 1 saturated carbocycles. The molecule has 1 amide bonds. The second-order valence-corrected chi connectivity index (χ2v) is 7.00. The molecule has 1 saturated heterocycles. The van der Waals surface area contributed by atoms with Crippen LogP contribution < -0.4 is 10.6 Å². The Morgan fingerprint density at radius 2 is 2.10 bits per heavy atom. The molecule has 20 heavy (non-hydrogen) atoms. The van der Waals surface area contributed by atoms with Gasteiger partial charge in [-0.3, -0.25) is 4.79 Å². The van der Waals surface area contributed by atoms with Gasteiger partial charge in [0.15, 0.2) is 0 Å². The van der Waals surface area contributed by atoms with Gasteiger partial charge in [0.25, 0.3) is 0 Å². The molecule has 0 aromatic heterocycles. The molecule has 0 aromatic carbocycles. The first-order valence-corrected chi connectivity index (χ1v) is 9.21. The van der Waals surface area contributed by atoms with Crippen molar-refractivity contribution in [1.29, 1.82) is 0 Å². The Morgan fingerprint density at radius 3 is 2.85 bits per heavy atom. The molecule has 2 aliphatic rings. The van der Waals surface area contributed by atoms with Gasteiger partial charge in [-0.2, -0.15) is 11.8 Å². The van der Waals surface area contributed by atoms with Crippen LogP contribution in [0.15, 0.2) is 0 Å². The monoisotopic (exact) mass is 300 g/mol. The number of carbonyl (C=O) groups is 1. The Balaban J connectivity index is 1.57. The second kappa shape index (κ2) is 8.90. The van der Waals surface area contributed by atoms with Crippen LogP contribution in [-0.2, 0) is 9.53 Å². The molecule has 1 heterocycles. The van der Waals surface area contributed by atoms with E-state index in [1.165, 1.54) is 12.8 Å². The highest BCUT2D eigenvalue weighted by molar-refractivity contribution is 7.99. The van der Waals surface area contributed by atoms with Crippen molar-refractivity contribution in [3.05, 3.63) is 0 Å². The average molecular weight is 300 g/mol. The number of thioether (sulfide) groups is 1. The SMILES string of the molecule is CSC1CCCC(NC(=O)CCOC2CCNCC2)C1. The molecule has 2 rings (SSSR count). The average Bonchev–Trinajstić information content (AvgIpc) is 2.48. The zero-order valence-corrected chi connectivity index (χ0v) is 13.3. The van der Waals surface area contributed by atoms with Crippen LogP contribution in [0.3, 0.4) is 0 Å². The second-order valence-electron chi connectivity index (χ2n) is 5.86. The Hall–Kier alpha value is -0.260. The minimum Gasteiger partial charge on any atom is -0.378 e. The number of hydrogen-bond donors (Lipinski definition) is 2. The van der Waals surface area contributed by atoms with Crippen molar-refractivity contribution in [2.45, 2.75) is 62.3 Å². The predicted octanol–water partition coefficient (Wildman–Crippen LogP) is 1.94. The molecule has 0 bridgehead atoms. The highest BCUT2D eigenvalue weighted by atomic mass is 32.2. The summed E-state index contributed by atoms with van der Waals surface area (Å²) in [6.45, 7) is 2.64. The van der Waals surface area contributed by atoms with Crippen LogP contribution in [-0.4, -0.2) is 49.3 Å². The number of rotatable bonds is 6. The summed E-state index contributed by atoms with van der Waals surface area (Å²) >= 11 is 1.93. The van der Waals surface area contributed by atoms with Crippen LogP contribution in [0.4, 0.5) is 0 Å². The Kier molecular flexibility index (Phi) is 7.17. The lowest BCUT2D eigenvalue weighted by molar-refractivity contribution is -0.123. The van der Waals surface area contributed by atoms with Gasteiger partial charge in [-0.25, -0.2) is 0 Å². The van der Waals surface area contributed by atoms with Gasteiger partial charge in [0, 0.05) is 17.7 Å². The smallest absolute Gasteiger partial charge is 0.222 e. The molecular weight excluding hydrogens is 272 g/mol. The number of carbonyl (C=O) groups excluding carboxylic acids is 1. The fourth-order valence-corrected chi connectivity index (χ4v) is 3.90. The van der Waals surface area contributed by atoms with Crippen LogP contribution in [0.2, 0.25) is 0 Å². The lowest BCUT2D eigenvalue weighted by atomic mass is 9.95. The summed E-state index contributed by atoms with van der Waals surface area (Å²) in [5.74, 6) is 0.158. The minimum atomic E-state index is 0.158. The number of amides is 1. The van der Waals surface area contributed by atoms with Gasteiger partial charge < -0.3 is 15.4 Å². The Labute approximate surface area is 126 Å². The van der Waals surface area contributed by atoms with E-state index in [2.05, 4.69) is 16.9 Å². The highest BCUT2D eigenvalue weighted by Crippen LogP contribution is 2.26. The summed E-state index contributed by atoms with van der Waals surface area (Å²) in [6, 6.07) is 0.382. The van der Waals surface area contributed by atoms with E-state index in [9.17, 15) is 4.79 Å². The number of piperidine rings is 1. The maximum atomic E-state index is 11.9. The number of ether oxygens (including phenoxy) is 1. The normalized spacial score (nSPS) is 28.2. The third kappa shape index (κ3) is 5.62. The maximum Gasteiger partial charge on any atom is 0.222 e. The van der Waals surface area contributed by atoms with Gasteiger partial charge in [-0.15, -0.1) is 0 Å². The number of nitrogens with one attached hydrogen (secondary N) is 2. The molecule has 116 valence electrons. The van der Waals surface area contributed by atoms with E-state index in [1.807, 2.05) is 11.8 Å². The van der Waals surface area contributed by atoms with Crippen molar-refractivity contribution in [2.24, 2.45) is 0 Å². The van der Waals surface area contributed by atoms with Crippen LogP contribution in [0.25, 0.3) is 0 Å². The van der Waals surface area contributed by atoms with Gasteiger partial charge in [0.2, 0.25) is 5.91 Å². The molecule has 1 aliphatic carbocycles. The highest BCUT2D eigenvalue weighted by Gasteiger charge is 2.22. The van der Waals surface area contributed by atoms with Crippen molar-refractivity contribution in [3.63, 3.8) is 0 Å². The van der Waals surface area contributed by atoms with Gasteiger partial charge >= 0.3 is 0 Å². The van der Waals surface area contributed by atoms with Crippen molar-refractivity contribution < 1.29 is 9.53 Å². The maximum absolute atomic E-state index is 11.9. The Morgan fingerprint density at radius 1 is 1.30 bits per heavy atom. The van der Waals surface area contributed by atoms with E-state index in [1.54, 1.807) is 0 Å². The van der Waals surface area contributed by atoms with Gasteiger partial charge in [0.1, 0.15) is 0 Å². The summed E-state index contributed by atoms with van der Waals surface area (Å²) in [6.07, 6.45) is 9.96. The topological polar surface area (TPSA) is 50.4 Å². The molecule has 4 nitrogen and oxygen atoms in total. The molecule has 5 heteroatoms. The number of hydrogen-bond acceptors (Lipinski definition) is 4. The van der Waals surface area contributed by atoms with Crippen molar-refractivity contribution >= 4 is 17.7 Å². The summed E-state index contributed by atoms with van der Waals surface area (Å²) < 4.78 is 5.78. The fraction of sp³-hybridized carbons (Fsp3) is 0.933. The molecule has 2 N–H and O–H groups in total. The van der Waals surface area contributed by atoms with E-state index in [0.29, 0.717) is 25.2 Å². The zero-order valence-electron chi connectivity index (χ0n) is 12.5. The first kappa shape index (κ1) is 16.1. The van der Waals surface area contributed by atoms with Crippen molar-refractivity contribution in [3.8, 4) is 0 Å². The predicted molar refractivity (Wildman–Crippen MR) is 84.2 cm³/mol. The molecule has 2 unspecified atom stereocenters. The van der Waals surface area contributed by atoms with Crippen LogP contribution in [0, 0.1) is 0 Å². The largest absolute Gasteiger partial charge is 0.378 e. The van der Waals surface area contributed by atoms with E-state index in [0.717, 1.165) is 44.0 Å². The summed E-state index contributed by atoms with van der Waals surface area (Å²) in [7, 11) is 0. The van der Waals surface area contributed by atoms with Crippen molar-refractivity contribution in [1.82, 2.24) is 10.6 Å². The molecule has 0 radical (unpaired) electrons. The quantitative estimate of drug-likeness (QED) is 0.787. The van der Waals surface area contributed by atoms with E-state index < -0.39 is 0 Å². The summed E-state index contributed by atoms with van der Waals surface area (Å²) in [5, 5.41) is 7.21. The van der Waals surface area contributed by atoms with Crippen LogP contribution in [0.1, 0.15) is 44.9 Å². The molecule has 2 atom stereocenters. The fourth-order valence-electron chi connectivity index (χ4n) is 3.07. The molecular formula is C15H28N2O2S. The molecule has 2 fully saturated rings. The third-order valence-electron chi connectivity index (χ3n) is 4.29. The van der Waals surface area contributed by atoms with Crippen LogP contribution in [0.5, 0.6) is 0 Å². The molecule has 0 spiro atoms. The minimum absolute atomic E-state index is 0.158. The lowest BCUT2D eigenvalue weighted by Gasteiger charge is -2.28. The van der Waals surface area contributed by atoms with E-state index >= 15 is 0 Å². The van der Waals surface area contributed by atoms with Crippen LogP contribution >= 0.6 is 11.8 Å².